The summed E-state index contributed by atoms with van der Waals surface area (Å²) < 4.78 is 27.7. The number of nitrogens with zero attached hydrogens (tertiary/aromatic N) is 2. The molecule has 5 nitrogen and oxygen atoms in total. The van der Waals surface area contributed by atoms with Crippen LogP contribution in [0, 0.1) is 11.6 Å². The Kier molecular flexibility index (Phi) is 5.17. The zero-order valence-electron chi connectivity index (χ0n) is 13.6. The highest BCUT2D eigenvalue weighted by Crippen LogP contribution is 2.32. The average molecular weight is 365 g/mol. The first-order valence-corrected chi connectivity index (χ1v) is 8.96. The van der Waals surface area contributed by atoms with Gasteiger partial charge in [0.25, 0.3) is 5.56 Å². The Morgan fingerprint density at radius 2 is 2.16 bits per heavy atom. The number of amides is 1. The smallest absolute Gasteiger partial charge is 0.254 e. The number of nitrogens with one attached hydrogen (secondary N) is 1. The van der Waals surface area contributed by atoms with Crippen LogP contribution in [0.4, 0.5) is 14.5 Å². The van der Waals surface area contributed by atoms with Crippen LogP contribution in [0.25, 0.3) is 0 Å². The van der Waals surface area contributed by atoms with Crippen LogP contribution >= 0.6 is 11.8 Å². The fourth-order valence-corrected chi connectivity index (χ4v) is 3.90. The van der Waals surface area contributed by atoms with Crippen LogP contribution in [-0.4, -0.2) is 21.2 Å². The van der Waals surface area contributed by atoms with Crippen LogP contribution in [0.5, 0.6) is 0 Å². The second-order valence-corrected chi connectivity index (χ2v) is 6.82. The molecule has 0 spiro atoms. The van der Waals surface area contributed by atoms with E-state index in [0.717, 1.165) is 30.7 Å². The van der Waals surface area contributed by atoms with Gasteiger partial charge in [-0.05, 0) is 18.6 Å². The number of benzene rings is 1. The van der Waals surface area contributed by atoms with Gasteiger partial charge >= 0.3 is 0 Å². The Morgan fingerprint density at radius 1 is 1.36 bits per heavy atom. The van der Waals surface area contributed by atoms with Crippen molar-refractivity contribution >= 4 is 23.4 Å². The molecule has 1 aliphatic rings. The van der Waals surface area contributed by atoms with Gasteiger partial charge in [0, 0.05) is 35.7 Å². The lowest BCUT2D eigenvalue weighted by molar-refractivity contribution is -0.116. The van der Waals surface area contributed by atoms with E-state index >= 15 is 0 Å². The predicted molar refractivity (Wildman–Crippen MR) is 91.9 cm³/mol. The van der Waals surface area contributed by atoms with Crippen molar-refractivity contribution in [2.75, 3.05) is 11.1 Å². The third-order valence-corrected chi connectivity index (χ3v) is 4.97. The number of carbonyl (C=O) groups is 1. The van der Waals surface area contributed by atoms with E-state index in [4.69, 9.17) is 0 Å². The standard InChI is InChI=1S/C17H17F2N3O2S/c1-2-3-10-7-16(24)22-12(9-25-17(22)21-10)8-15(23)20-11-4-5-13(18)14(19)6-11/h4-7,12H,2-3,8-9H2,1H3,(H,20,23). The molecule has 3 rings (SSSR count). The lowest BCUT2D eigenvalue weighted by atomic mass is 10.2. The molecule has 0 fully saturated rings. The first-order valence-electron chi connectivity index (χ1n) is 7.98. The number of anilines is 1. The van der Waals surface area contributed by atoms with Gasteiger partial charge in [-0.25, -0.2) is 13.8 Å². The molecule has 132 valence electrons. The quantitative estimate of drug-likeness (QED) is 0.827. The van der Waals surface area contributed by atoms with Gasteiger partial charge in [-0.1, -0.05) is 25.1 Å². The molecular formula is C17H17F2N3O2S. The molecule has 1 atom stereocenters. The minimum absolute atomic E-state index is 0.0632. The molecule has 0 saturated carbocycles. The maximum absolute atomic E-state index is 13.2. The SMILES string of the molecule is CCCc1cc(=O)n2c(n1)SCC2CC(=O)Nc1ccc(F)c(F)c1. The van der Waals surface area contributed by atoms with Gasteiger partial charge in [-0.15, -0.1) is 0 Å². The van der Waals surface area contributed by atoms with Gasteiger partial charge in [-0.2, -0.15) is 0 Å². The number of carbonyl (C=O) groups excluding carboxylic acids is 1. The molecule has 0 radical (unpaired) electrons. The topological polar surface area (TPSA) is 64.0 Å². The van der Waals surface area contributed by atoms with E-state index in [1.54, 1.807) is 0 Å². The van der Waals surface area contributed by atoms with Gasteiger partial charge in [-0.3, -0.25) is 14.2 Å². The van der Waals surface area contributed by atoms with Crippen LogP contribution in [0.3, 0.4) is 0 Å². The van der Waals surface area contributed by atoms with Crippen LogP contribution in [0.1, 0.15) is 31.5 Å². The summed E-state index contributed by atoms with van der Waals surface area (Å²) >= 11 is 1.45. The highest BCUT2D eigenvalue weighted by molar-refractivity contribution is 7.99. The van der Waals surface area contributed by atoms with Crippen molar-refractivity contribution in [3.05, 3.63) is 51.9 Å². The molecular weight excluding hydrogens is 348 g/mol. The van der Waals surface area contributed by atoms with Gasteiger partial charge in [0.1, 0.15) is 0 Å². The van der Waals surface area contributed by atoms with Gasteiger partial charge in [0.15, 0.2) is 16.8 Å². The fraction of sp³-hybridized carbons (Fsp3) is 0.353. The molecule has 1 aromatic carbocycles. The molecule has 1 aliphatic heterocycles. The Hall–Kier alpha value is -2.22. The molecule has 2 aromatic rings. The highest BCUT2D eigenvalue weighted by Gasteiger charge is 2.27. The summed E-state index contributed by atoms with van der Waals surface area (Å²) in [5, 5.41) is 3.15. The number of rotatable bonds is 5. The molecule has 0 saturated heterocycles. The minimum atomic E-state index is -1.02. The number of hydrogen-bond acceptors (Lipinski definition) is 4. The van der Waals surface area contributed by atoms with Crippen LogP contribution in [0.2, 0.25) is 0 Å². The van der Waals surface area contributed by atoms with E-state index < -0.39 is 11.6 Å². The van der Waals surface area contributed by atoms with Gasteiger partial charge < -0.3 is 5.32 Å². The van der Waals surface area contributed by atoms with E-state index in [1.165, 1.54) is 28.5 Å². The first kappa shape index (κ1) is 17.6. The number of halogens is 2. The monoisotopic (exact) mass is 365 g/mol. The van der Waals surface area contributed by atoms with E-state index in [9.17, 15) is 18.4 Å². The maximum atomic E-state index is 13.2. The molecule has 1 unspecified atom stereocenters. The van der Waals surface area contributed by atoms with Crippen molar-refractivity contribution in [2.24, 2.45) is 0 Å². The zero-order valence-corrected chi connectivity index (χ0v) is 14.4. The lowest BCUT2D eigenvalue weighted by Crippen LogP contribution is -2.27. The Balaban J connectivity index is 1.72. The summed E-state index contributed by atoms with van der Waals surface area (Å²) in [5.41, 5.74) is 0.778. The Morgan fingerprint density at radius 3 is 2.88 bits per heavy atom. The summed E-state index contributed by atoms with van der Waals surface area (Å²) in [6, 6.07) is 4.38. The van der Waals surface area contributed by atoms with Gasteiger partial charge in [0.05, 0.1) is 6.04 Å². The van der Waals surface area contributed by atoms with Crippen molar-refractivity contribution in [3.63, 3.8) is 0 Å². The van der Waals surface area contributed by atoms with Crippen LogP contribution in [0.15, 0.2) is 34.2 Å². The van der Waals surface area contributed by atoms with E-state index in [0.29, 0.717) is 10.9 Å². The number of fused-ring (bicyclic) bond motifs is 1. The van der Waals surface area contributed by atoms with E-state index in [-0.39, 0.29) is 29.6 Å². The molecule has 0 bridgehead atoms. The summed E-state index contributed by atoms with van der Waals surface area (Å²) in [6.45, 7) is 2.02. The number of aromatic nitrogens is 2. The Labute approximate surface area is 147 Å². The normalized spacial score (nSPS) is 15.9. The zero-order chi connectivity index (χ0) is 18.0. The van der Waals surface area contributed by atoms with Crippen molar-refractivity contribution in [3.8, 4) is 0 Å². The van der Waals surface area contributed by atoms with E-state index in [2.05, 4.69) is 10.3 Å². The fourth-order valence-electron chi connectivity index (χ4n) is 2.73. The minimum Gasteiger partial charge on any atom is -0.326 e. The second-order valence-electron chi connectivity index (χ2n) is 5.83. The van der Waals surface area contributed by atoms with Crippen LogP contribution < -0.4 is 10.9 Å². The largest absolute Gasteiger partial charge is 0.326 e. The highest BCUT2D eigenvalue weighted by atomic mass is 32.2. The average Bonchev–Trinajstić information content (AvgIpc) is 2.94. The van der Waals surface area contributed by atoms with Crippen molar-refractivity contribution in [1.82, 2.24) is 9.55 Å². The van der Waals surface area contributed by atoms with Crippen molar-refractivity contribution in [2.45, 2.75) is 37.4 Å². The lowest BCUT2D eigenvalue weighted by Gasteiger charge is -2.13. The van der Waals surface area contributed by atoms with Crippen LogP contribution in [-0.2, 0) is 11.2 Å². The number of thioether (sulfide) groups is 1. The van der Waals surface area contributed by atoms with Gasteiger partial charge in [0.2, 0.25) is 5.91 Å². The number of aryl methyl sites for hydroxylation is 1. The first-order chi connectivity index (χ1) is 12.0. The summed E-state index contributed by atoms with van der Waals surface area (Å²) in [5.74, 6) is -1.79. The third-order valence-electron chi connectivity index (χ3n) is 3.87. The predicted octanol–water partition coefficient (Wildman–Crippen LogP) is 3.15. The Bertz CT molecular complexity index is 869. The molecule has 1 N–H and O–H groups in total. The third kappa shape index (κ3) is 3.89. The second kappa shape index (κ2) is 7.35. The maximum Gasteiger partial charge on any atom is 0.254 e. The summed E-state index contributed by atoms with van der Waals surface area (Å²) in [4.78, 5) is 29.0. The molecule has 0 aliphatic carbocycles. The number of hydrogen-bond donors (Lipinski definition) is 1. The molecule has 1 amide bonds. The molecule has 2 heterocycles. The van der Waals surface area contributed by atoms with E-state index in [1.807, 2.05) is 6.92 Å². The molecule has 1 aromatic heterocycles. The summed E-state index contributed by atoms with van der Waals surface area (Å²) in [6.07, 6.45) is 1.71. The summed E-state index contributed by atoms with van der Waals surface area (Å²) in [7, 11) is 0. The molecule has 8 heteroatoms. The van der Waals surface area contributed by atoms with Crippen molar-refractivity contribution < 1.29 is 13.6 Å². The molecule has 25 heavy (non-hydrogen) atoms. The van der Waals surface area contributed by atoms with Crippen molar-refractivity contribution in [1.29, 1.82) is 0 Å².